The first-order valence-electron chi connectivity index (χ1n) is 8.64. The second kappa shape index (κ2) is 10.5. The highest BCUT2D eigenvalue weighted by molar-refractivity contribution is 7.92. The minimum Gasteiger partial charge on any atom is -0.462 e. The highest BCUT2D eigenvalue weighted by Gasteiger charge is 2.24. The van der Waals surface area contributed by atoms with Crippen molar-refractivity contribution in [2.75, 3.05) is 18.9 Å². The van der Waals surface area contributed by atoms with E-state index in [1.165, 1.54) is 6.08 Å². The summed E-state index contributed by atoms with van der Waals surface area (Å²) in [5.74, 6) is -1.58. The second-order valence-corrected chi connectivity index (χ2v) is 8.42. The topological polar surface area (TPSA) is 149 Å². The predicted molar refractivity (Wildman–Crippen MR) is 112 cm³/mol. The van der Waals surface area contributed by atoms with Crippen LogP contribution in [0, 0.1) is 11.3 Å². The Labute approximate surface area is 177 Å². The van der Waals surface area contributed by atoms with Crippen molar-refractivity contribution in [2.45, 2.75) is 13.5 Å². The number of thiophene rings is 1. The number of benzene rings is 1. The number of sulfonamides is 1. The van der Waals surface area contributed by atoms with Gasteiger partial charge in [-0.3, -0.25) is 4.79 Å². The summed E-state index contributed by atoms with van der Waals surface area (Å²) in [4.78, 5) is 24.0. The summed E-state index contributed by atoms with van der Waals surface area (Å²) < 4.78 is 36.0. The zero-order valence-corrected chi connectivity index (χ0v) is 17.6. The number of nitrogen functional groups attached to an aromatic ring is 1. The molecule has 0 fully saturated rings. The Morgan fingerprint density at radius 1 is 1.27 bits per heavy atom. The molecule has 1 aromatic heterocycles. The summed E-state index contributed by atoms with van der Waals surface area (Å²) in [5.41, 5.74) is 6.56. The fourth-order valence-electron chi connectivity index (χ4n) is 2.25. The Kier molecular flexibility index (Phi) is 8.11. The van der Waals surface area contributed by atoms with Crippen molar-refractivity contribution in [2.24, 2.45) is 0 Å². The molecule has 1 heterocycles. The van der Waals surface area contributed by atoms with E-state index in [4.69, 9.17) is 15.2 Å². The van der Waals surface area contributed by atoms with Crippen molar-refractivity contribution < 1.29 is 27.5 Å². The van der Waals surface area contributed by atoms with E-state index in [0.717, 1.165) is 16.7 Å². The normalized spacial score (nSPS) is 11.2. The standard InChI is InChI=1S/C19H19N3O6S2/c1-2-27-19(24)17-15(14(10-20)18(21)29-17)12-28-16(23)11-22-30(25,26)9-8-13-6-4-3-5-7-13/h3-9,22H,2,11-12,21H2,1H3/b9-8+. The number of carbonyl (C=O) groups excluding carboxylic acids is 2. The SMILES string of the molecule is CCOC(=O)c1sc(N)c(C#N)c1COC(=O)CNS(=O)(=O)/C=C/c1ccccc1. The first kappa shape index (κ1) is 23.1. The van der Waals surface area contributed by atoms with Crippen LogP contribution < -0.4 is 10.5 Å². The van der Waals surface area contributed by atoms with Crippen LogP contribution in [-0.4, -0.2) is 33.5 Å². The number of ether oxygens (including phenoxy) is 2. The van der Waals surface area contributed by atoms with Gasteiger partial charge in [0.15, 0.2) is 0 Å². The average Bonchev–Trinajstić information content (AvgIpc) is 3.05. The number of nitrogens with zero attached hydrogens (tertiary/aromatic N) is 1. The Hall–Kier alpha value is -3.20. The molecule has 0 spiro atoms. The lowest BCUT2D eigenvalue weighted by Gasteiger charge is -2.07. The molecule has 30 heavy (non-hydrogen) atoms. The van der Waals surface area contributed by atoms with Crippen molar-refractivity contribution in [3.05, 3.63) is 57.3 Å². The monoisotopic (exact) mass is 449 g/mol. The third kappa shape index (κ3) is 6.41. The number of esters is 2. The first-order chi connectivity index (χ1) is 14.3. The highest BCUT2D eigenvalue weighted by Crippen LogP contribution is 2.31. The zero-order valence-electron chi connectivity index (χ0n) is 16.0. The van der Waals surface area contributed by atoms with Crippen LogP contribution in [0.25, 0.3) is 6.08 Å². The molecule has 11 heteroatoms. The van der Waals surface area contributed by atoms with Gasteiger partial charge in [0.1, 0.15) is 29.1 Å². The minimum absolute atomic E-state index is 0.0160. The van der Waals surface area contributed by atoms with Crippen LogP contribution in [0.4, 0.5) is 5.00 Å². The van der Waals surface area contributed by atoms with Gasteiger partial charge in [-0.25, -0.2) is 17.9 Å². The predicted octanol–water partition coefficient (Wildman–Crippen LogP) is 2.01. The van der Waals surface area contributed by atoms with E-state index in [2.05, 4.69) is 4.72 Å². The van der Waals surface area contributed by atoms with E-state index >= 15 is 0 Å². The quantitative estimate of drug-likeness (QED) is 0.552. The summed E-state index contributed by atoms with van der Waals surface area (Å²) >= 11 is 0.856. The maximum Gasteiger partial charge on any atom is 0.348 e. The third-order valence-corrected chi connectivity index (χ3v) is 5.72. The molecule has 158 valence electrons. The number of rotatable bonds is 9. The molecule has 9 nitrogen and oxygen atoms in total. The van der Waals surface area contributed by atoms with E-state index in [1.54, 1.807) is 37.3 Å². The van der Waals surface area contributed by atoms with Crippen LogP contribution in [0.5, 0.6) is 0 Å². The van der Waals surface area contributed by atoms with Crippen LogP contribution in [0.1, 0.15) is 33.3 Å². The molecule has 1 aromatic carbocycles. The van der Waals surface area contributed by atoms with E-state index in [0.29, 0.717) is 5.56 Å². The molecule has 0 saturated carbocycles. The molecule has 0 atom stereocenters. The molecule has 0 amide bonds. The molecular formula is C19H19N3O6S2. The van der Waals surface area contributed by atoms with E-state index in [1.807, 2.05) is 6.07 Å². The van der Waals surface area contributed by atoms with Crippen molar-refractivity contribution in [1.29, 1.82) is 5.26 Å². The number of hydrogen-bond acceptors (Lipinski definition) is 9. The Balaban J connectivity index is 1.99. The molecule has 2 aromatic rings. The summed E-state index contributed by atoms with van der Waals surface area (Å²) in [6, 6.07) is 10.6. The van der Waals surface area contributed by atoms with Gasteiger partial charge in [-0.1, -0.05) is 30.3 Å². The molecule has 0 aliphatic carbocycles. The Bertz CT molecular complexity index is 1090. The number of nitriles is 1. The summed E-state index contributed by atoms with van der Waals surface area (Å²) in [7, 11) is -3.87. The summed E-state index contributed by atoms with van der Waals surface area (Å²) in [6.45, 7) is 0.691. The second-order valence-electron chi connectivity index (χ2n) is 5.72. The molecule has 0 unspecified atom stereocenters. The fraction of sp³-hybridized carbons (Fsp3) is 0.211. The van der Waals surface area contributed by atoms with Gasteiger partial charge in [0, 0.05) is 11.0 Å². The zero-order chi connectivity index (χ0) is 22.1. The Morgan fingerprint density at radius 3 is 2.60 bits per heavy atom. The van der Waals surface area contributed by atoms with Gasteiger partial charge in [-0.2, -0.15) is 5.26 Å². The molecule has 0 radical (unpaired) electrons. The van der Waals surface area contributed by atoms with Crippen molar-refractivity contribution in [3.63, 3.8) is 0 Å². The van der Waals surface area contributed by atoms with Gasteiger partial charge in [0.05, 0.1) is 12.2 Å². The van der Waals surface area contributed by atoms with Gasteiger partial charge in [-0.15, -0.1) is 11.3 Å². The lowest BCUT2D eigenvalue weighted by Crippen LogP contribution is -2.29. The Morgan fingerprint density at radius 2 is 1.97 bits per heavy atom. The largest absolute Gasteiger partial charge is 0.462 e. The van der Waals surface area contributed by atoms with Gasteiger partial charge in [0.25, 0.3) is 0 Å². The summed E-state index contributed by atoms with van der Waals surface area (Å²) in [5, 5.41) is 10.3. The number of hydrogen-bond donors (Lipinski definition) is 2. The van der Waals surface area contributed by atoms with E-state index in [9.17, 15) is 23.3 Å². The molecule has 0 bridgehead atoms. The maximum absolute atomic E-state index is 12.0. The molecule has 0 aliphatic heterocycles. The molecule has 0 saturated heterocycles. The highest BCUT2D eigenvalue weighted by atomic mass is 32.2. The van der Waals surface area contributed by atoms with E-state index in [-0.39, 0.29) is 27.6 Å². The fourth-order valence-corrected chi connectivity index (χ4v) is 3.92. The molecular weight excluding hydrogens is 430 g/mol. The molecule has 0 aliphatic rings. The number of nitrogens with one attached hydrogen (secondary N) is 1. The minimum atomic E-state index is -3.87. The smallest absolute Gasteiger partial charge is 0.348 e. The van der Waals surface area contributed by atoms with Gasteiger partial charge in [0.2, 0.25) is 10.0 Å². The maximum atomic E-state index is 12.0. The number of carbonyl (C=O) groups is 2. The van der Waals surface area contributed by atoms with Crippen molar-refractivity contribution in [1.82, 2.24) is 4.72 Å². The van der Waals surface area contributed by atoms with Crippen molar-refractivity contribution in [3.8, 4) is 6.07 Å². The van der Waals surface area contributed by atoms with Gasteiger partial charge < -0.3 is 15.2 Å². The third-order valence-electron chi connectivity index (χ3n) is 3.64. The summed E-state index contributed by atoms with van der Waals surface area (Å²) in [6.07, 6.45) is 1.38. The van der Waals surface area contributed by atoms with Crippen LogP contribution in [0.2, 0.25) is 0 Å². The molecule has 3 N–H and O–H groups in total. The van der Waals surface area contributed by atoms with Gasteiger partial charge >= 0.3 is 11.9 Å². The van der Waals surface area contributed by atoms with E-state index < -0.39 is 35.1 Å². The number of anilines is 1. The van der Waals surface area contributed by atoms with Crippen molar-refractivity contribution >= 4 is 44.4 Å². The van der Waals surface area contributed by atoms with Crippen LogP contribution in [0.15, 0.2) is 35.7 Å². The lowest BCUT2D eigenvalue weighted by molar-refractivity contribution is -0.143. The lowest BCUT2D eigenvalue weighted by atomic mass is 10.1. The van der Waals surface area contributed by atoms with Crippen LogP contribution in [-0.2, 0) is 30.9 Å². The first-order valence-corrected chi connectivity index (χ1v) is 11.0. The van der Waals surface area contributed by atoms with Crippen LogP contribution >= 0.6 is 11.3 Å². The molecule has 2 rings (SSSR count). The number of nitrogens with two attached hydrogens (primary N) is 1. The average molecular weight is 450 g/mol. The van der Waals surface area contributed by atoms with Gasteiger partial charge in [-0.05, 0) is 18.6 Å². The van der Waals surface area contributed by atoms with Crippen LogP contribution in [0.3, 0.4) is 0 Å².